The number of alkyl halides is 3. The second kappa shape index (κ2) is 6.18. The number of hydrogen-bond acceptors (Lipinski definition) is 5. The maximum atomic E-state index is 11.9. The van der Waals surface area contributed by atoms with Crippen molar-refractivity contribution < 1.29 is 35.2 Å². The zero-order valence-electron chi connectivity index (χ0n) is 10.6. The zero-order chi connectivity index (χ0) is 14.6. The molecule has 0 aromatic heterocycles. The van der Waals surface area contributed by atoms with Crippen LogP contribution in [0.3, 0.4) is 0 Å². The third-order valence-corrected chi connectivity index (χ3v) is 2.77. The molecule has 5 nitrogen and oxygen atoms in total. The fraction of sp³-hybridized carbons (Fsp3) is 1.00. The molecule has 1 atom stereocenters. The van der Waals surface area contributed by atoms with Crippen LogP contribution in [0.4, 0.5) is 13.2 Å². The van der Waals surface area contributed by atoms with Crippen LogP contribution in [-0.2, 0) is 23.8 Å². The van der Waals surface area contributed by atoms with Crippen LogP contribution >= 0.6 is 0 Å². The Morgan fingerprint density at radius 1 is 1.33 bits per heavy atom. The molecule has 0 aliphatic carbocycles. The van der Waals surface area contributed by atoms with E-state index in [-0.39, 0.29) is 6.61 Å². The third-order valence-electron chi connectivity index (χ3n) is 1.76. The van der Waals surface area contributed by atoms with Gasteiger partial charge in [0.25, 0.3) is 0 Å². The van der Waals surface area contributed by atoms with E-state index < -0.39 is 34.1 Å². The summed E-state index contributed by atoms with van der Waals surface area (Å²) in [6.45, 7) is 6.39. The van der Waals surface area contributed by atoms with Crippen LogP contribution in [0.5, 0.6) is 0 Å². The Bertz CT molecular complexity index is 350. The van der Waals surface area contributed by atoms with Gasteiger partial charge in [-0.2, -0.15) is 21.6 Å². The van der Waals surface area contributed by atoms with Gasteiger partial charge in [-0.05, 0) is 13.8 Å². The maximum absolute atomic E-state index is 11.9. The SMILES string of the molecule is CC.CC1(C)OCC(COS(=O)(=O)C(F)(F)F)O1. The summed E-state index contributed by atoms with van der Waals surface area (Å²) < 4.78 is 70.6. The van der Waals surface area contributed by atoms with Gasteiger partial charge < -0.3 is 9.47 Å². The van der Waals surface area contributed by atoms with Crippen molar-refractivity contribution in [3.8, 4) is 0 Å². The highest BCUT2D eigenvalue weighted by Gasteiger charge is 2.48. The third kappa shape index (κ3) is 5.09. The molecule has 1 rings (SSSR count). The maximum Gasteiger partial charge on any atom is 0.523 e. The summed E-state index contributed by atoms with van der Waals surface area (Å²) in [5.74, 6) is -0.935. The molecule has 1 saturated heterocycles. The fourth-order valence-electron chi connectivity index (χ4n) is 1.08. The van der Waals surface area contributed by atoms with Crippen LogP contribution in [0, 0.1) is 0 Å². The van der Waals surface area contributed by atoms with Gasteiger partial charge in [0.15, 0.2) is 5.79 Å². The molecular weight excluding hydrogens is 277 g/mol. The first-order valence-electron chi connectivity index (χ1n) is 5.31. The van der Waals surface area contributed by atoms with Crippen LogP contribution < -0.4 is 0 Å². The molecule has 0 spiro atoms. The van der Waals surface area contributed by atoms with Crippen molar-refractivity contribution in [2.24, 2.45) is 0 Å². The lowest BCUT2D eigenvalue weighted by molar-refractivity contribution is -0.141. The topological polar surface area (TPSA) is 61.8 Å². The highest BCUT2D eigenvalue weighted by molar-refractivity contribution is 7.87. The van der Waals surface area contributed by atoms with Crippen molar-refractivity contribution >= 4 is 10.1 Å². The lowest BCUT2D eigenvalue weighted by atomic mass is 10.4. The Morgan fingerprint density at radius 2 is 1.83 bits per heavy atom. The second-order valence-corrected chi connectivity index (χ2v) is 5.24. The molecule has 1 aliphatic heterocycles. The molecule has 0 N–H and O–H groups in total. The van der Waals surface area contributed by atoms with Gasteiger partial charge in [0, 0.05) is 0 Å². The smallest absolute Gasteiger partial charge is 0.348 e. The first-order valence-corrected chi connectivity index (χ1v) is 6.72. The number of rotatable bonds is 3. The molecule has 0 radical (unpaired) electrons. The predicted molar refractivity (Wildman–Crippen MR) is 57.2 cm³/mol. The average molecular weight is 294 g/mol. The highest BCUT2D eigenvalue weighted by Crippen LogP contribution is 2.27. The van der Waals surface area contributed by atoms with Crippen molar-refractivity contribution in [2.45, 2.75) is 45.1 Å². The Balaban J connectivity index is 0.00000137. The van der Waals surface area contributed by atoms with E-state index in [1.165, 1.54) is 0 Å². The van der Waals surface area contributed by atoms with E-state index in [4.69, 9.17) is 9.47 Å². The lowest BCUT2D eigenvalue weighted by Crippen LogP contribution is -2.30. The van der Waals surface area contributed by atoms with Gasteiger partial charge in [0.05, 0.1) is 13.2 Å². The number of hydrogen-bond donors (Lipinski definition) is 0. The van der Waals surface area contributed by atoms with E-state index in [2.05, 4.69) is 4.18 Å². The van der Waals surface area contributed by atoms with Crippen LogP contribution in [0.2, 0.25) is 0 Å². The number of halogens is 3. The standard InChI is InChI=1S/C7H11F3O5S.C2H6/c1-6(2)13-3-5(15-6)4-14-16(11,12)7(8,9)10;1-2/h5H,3-4H2,1-2H3;1-2H3. The molecule has 1 unspecified atom stereocenters. The van der Waals surface area contributed by atoms with Crippen LogP contribution in [-0.4, -0.2) is 39.0 Å². The van der Waals surface area contributed by atoms with Crippen LogP contribution in [0.1, 0.15) is 27.7 Å². The quantitative estimate of drug-likeness (QED) is 0.589. The van der Waals surface area contributed by atoms with Crippen LogP contribution in [0.15, 0.2) is 0 Å². The summed E-state index contributed by atoms with van der Waals surface area (Å²) in [6.07, 6.45) is -0.827. The van der Waals surface area contributed by atoms with Gasteiger partial charge in [-0.3, -0.25) is 4.18 Å². The van der Waals surface area contributed by atoms with E-state index in [9.17, 15) is 21.6 Å². The van der Waals surface area contributed by atoms with Gasteiger partial charge in [-0.25, -0.2) is 0 Å². The van der Waals surface area contributed by atoms with Gasteiger partial charge >= 0.3 is 15.6 Å². The first-order chi connectivity index (χ1) is 8.04. The van der Waals surface area contributed by atoms with Crippen molar-refractivity contribution in [3.05, 3.63) is 0 Å². The molecule has 0 saturated carbocycles. The summed E-state index contributed by atoms with van der Waals surface area (Å²) in [5.41, 5.74) is -5.41. The van der Waals surface area contributed by atoms with Crippen molar-refractivity contribution in [1.82, 2.24) is 0 Å². The number of ether oxygens (including phenoxy) is 2. The predicted octanol–water partition coefficient (Wildman–Crippen LogP) is 2.03. The largest absolute Gasteiger partial charge is 0.523 e. The molecule has 0 aromatic rings. The minimum absolute atomic E-state index is 0.0135. The van der Waals surface area contributed by atoms with E-state index in [0.717, 1.165) is 0 Å². The molecular formula is C9H17F3O5S. The van der Waals surface area contributed by atoms with Crippen molar-refractivity contribution in [3.63, 3.8) is 0 Å². The summed E-state index contributed by atoms with van der Waals surface area (Å²) in [7, 11) is -5.56. The zero-order valence-corrected chi connectivity index (χ0v) is 11.4. The average Bonchev–Trinajstić information content (AvgIpc) is 2.57. The Labute approximate surface area is 104 Å². The normalized spacial score (nSPS) is 23.4. The first kappa shape index (κ1) is 17.6. The molecule has 9 heteroatoms. The Hall–Kier alpha value is -0.380. The fourth-order valence-corrected chi connectivity index (χ4v) is 1.54. The van der Waals surface area contributed by atoms with E-state index in [0.29, 0.717) is 0 Å². The Kier molecular flexibility index (Phi) is 6.05. The molecule has 0 aromatic carbocycles. The summed E-state index contributed by atoms with van der Waals surface area (Å²) in [4.78, 5) is 0. The van der Waals surface area contributed by atoms with Crippen molar-refractivity contribution in [2.75, 3.05) is 13.2 Å². The Morgan fingerprint density at radius 3 is 2.17 bits per heavy atom. The molecule has 0 amide bonds. The molecule has 0 bridgehead atoms. The monoisotopic (exact) mass is 294 g/mol. The van der Waals surface area contributed by atoms with E-state index >= 15 is 0 Å². The van der Waals surface area contributed by atoms with Gasteiger partial charge in [0.1, 0.15) is 6.10 Å². The minimum atomic E-state index is -5.56. The van der Waals surface area contributed by atoms with Gasteiger partial charge in [0.2, 0.25) is 0 Å². The summed E-state index contributed by atoms with van der Waals surface area (Å²) >= 11 is 0. The van der Waals surface area contributed by atoms with E-state index in [1.54, 1.807) is 13.8 Å². The summed E-state index contributed by atoms with van der Waals surface area (Å²) in [6, 6.07) is 0. The second-order valence-electron chi connectivity index (χ2n) is 3.64. The van der Waals surface area contributed by atoms with Crippen LogP contribution in [0.25, 0.3) is 0 Å². The molecule has 1 aliphatic rings. The van der Waals surface area contributed by atoms with E-state index in [1.807, 2.05) is 13.8 Å². The molecule has 1 fully saturated rings. The molecule has 1 heterocycles. The summed E-state index contributed by atoms with van der Waals surface area (Å²) in [5, 5.41) is 0. The van der Waals surface area contributed by atoms with Gasteiger partial charge in [-0.1, -0.05) is 13.8 Å². The minimum Gasteiger partial charge on any atom is -0.348 e. The molecule has 110 valence electrons. The van der Waals surface area contributed by atoms with Gasteiger partial charge in [-0.15, -0.1) is 0 Å². The lowest BCUT2D eigenvalue weighted by Gasteiger charge is -2.17. The molecule has 18 heavy (non-hydrogen) atoms. The highest BCUT2D eigenvalue weighted by atomic mass is 32.2. The van der Waals surface area contributed by atoms with Crippen molar-refractivity contribution in [1.29, 1.82) is 0 Å².